The Morgan fingerprint density at radius 2 is 2.07 bits per heavy atom. The molecule has 0 fully saturated rings. The number of benzene rings is 2. The summed E-state index contributed by atoms with van der Waals surface area (Å²) in [4.78, 5) is 17.5. The Bertz CT molecular complexity index is 1020. The lowest BCUT2D eigenvalue weighted by atomic mass is 10.1. The second-order valence-electron chi connectivity index (χ2n) is 6.46. The van der Waals surface area contributed by atoms with Crippen LogP contribution in [0.4, 0.5) is 10.8 Å². The molecule has 3 aromatic rings. The number of thiazole rings is 1. The SMILES string of the molecule is CCOC(=O)/C=C/c1ccc2c(c1)Cc1sc(Nc3ccc(C)cc3)nc1-2. The number of fused-ring (bicyclic) bond motifs is 3. The summed E-state index contributed by atoms with van der Waals surface area (Å²) in [5.74, 6) is -0.314. The van der Waals surface area contributed by atoms with Gasteiger partial charge in [0.1, 0.15) is 0 Å². The molecular weight excluding hydrogens is 356 g/mol. The van der Waals surface area contributed by atoms with E-state index in [2.05, 4.69) is 48.6 Å². The molecule has 0 amide bonds. The number of esters is 1. The van der Waals surface area contributed by atoms with Gasteiger partial charge in [-0.1, -0.05) is 35.9 Å². The maximum Gasteiger partial charge on any atom is 0.330 e. The molecule has 27 heavy (non-hydrogen) atoms. The number of hydrogen-bond donors (Lipinski definition) is 1. The fraction of sp³-hybridized carbons (Fsp3) is 0.182. The summed E-state index contributed by atoms with van der Waals surface area (Å²) >= 11 is 1.69. The molecule has 0 aliphatic heterocycles. The number of nitrogens with zero attached hydrogens (tertiary/aromatic N) is 1. The number of anilines is 2. The van der Waals surface area contributed by atoms with Crippen LogP contribution in [-0.2, 0) is 16.0 Å². The van der Waals surface area contributed by atoms with Crippen molar-refractivity contribution in [2.75, 3.05) is 11.9 Å². The number of rotatable bonds is 5. The van der Waals surface area contributed by atoms with Crippen LogP contribution in [0.3, 0.4) is 0 Å². The van der Waals surface area contributed by atoms with Crippen molar-refractivity contribution in [3.8, 4) is 11.3 Å². The zero-order valence-electron chi connectivity index (χ0n) is 15.3. The molecule has 0 unspecified atom stereocenters. The van der Waals surface area contributed by atoms with Crippen LogP contribution >= 0.6 is 11.3 Å². The lowest BCUT2D eigenvalue weighted by Crippen LogP contribution is -1.98. The van der Waals surface area contributed by atoms with E-state index in [9.17, 15) is 4.79 Å². The highest BCUT2D eigenvalue weighted by molar-refractivity contribution is 7.16. The van der Waals surface area contributed by atoms with E-state index in [-0.39, 0.29) is 5.97 Å². The van der Waals surface area contributed by atoms with Gasteiger partial charge in [-0.05, 0) is 43.2 Å². The Labute approximate surface area is 162 Å². The van der Waals surface area contributed by atoms with Gasteiger partial charge >= 0.3 is 5.97 Å². The predicted octanol–water partition coefficient (Wildman–Crippen LogP) is 5.34. The molecular formula is C22H20N2O2S. The molecule has 0 spiro atoms. The minimum Gasteiger partial charge on any atom is -0.463 e. The highest BCUT2D eigenvalue weighted by Gasteiger charge is 2.23. The van der Waals surface area contributed by atoms with Gasteiger partial charge in [0.25, 0.3) is 0 Å². The maximum absolute atomic E-state index is 11.5. The van der Waals surface area contributed by atoms with Crippen molar-refractivity contribution in [3.05, 3.63) is 70.1 Å². The van der Waals surface area contributed by atoms with E-state index in [1.54, 1.807) is 24.3 Å². The van der Waals surface area contributed by atoms with E-state index >= 15 is 0 Å². The molecule has 1 aliphatic rings. The van der Waals surface area contributed by atoms with Gasteiger partial charge in [-0.2, -0.15) is 0 Å². The average Bonchev–Trinajstić information content (AvgIpc) is 3.19. The van der Waals surface area contributed by atoms with Crippen LogP contribution < -0.4 is 5.32 Å². The molecule has 4 rings (SSSR count). The summed E-state index contributed by atoms with van der Waals surface area (Å²) in [6, 6.07) is 14.5. The number of ether oxygens (including phenoxy) is 1. The number of carbonyl (C=O) groups is 1. The van der Waals surface area contributed by atoms with Crippen molar-refractivity contribution >= 4 is 34.2 Å². The second kappa shape index (κ2) is 7.37. The van der Waals surface area contributed by atoms with Crippen LogP contribution in [0.2, 0.25) is 0 Å². The quantitative estimate of drug-likeness (QED) is 0.377. The number of carbonyl (C=O) groups excluding carboxylic acids is 1. The Morgan fingerprint density at radius 3 is 2.85 bits per heavy atom. The normalized spacial score (nSPS) is 12.1. The Morgan fingerprint density at radius 1 is 1.26 bits per heavy atom. The summed E-state index contributed by atoms with van der Waals surface area (Å²) in [6.45, 7) is 4.27. The molecule has 0 saturated heterocycles. The molecule has 5 heteroatoms. The predicted molar refractivity (Wildman–Crippen MR) is 110 cm³/mol. The van der Waals surface area contributed by atoms with Gasteiger partial charge in [0, 0.05) is 28.6 Å². The van der Waals surface area contributed by atoms with Crippen molar-refractivity contribution < 1.29 is 9.53 Å². The topological polar surface area (TPSA) is 51.2 Å². The van der Waals surface area contributed by atoms with Crippen molar-refractivity contribution in [1.82, 2.24) is 4.98 Å². The van der Waals surface area contributed by atoms with E-state index in [4.69, 9.17) is 9.72 Å². The molecule has 4 nitrogen and oxygen atoms in total. The monoisotopic (exact) mass is 376 g/mol. The molecule has 1 aliphatic carbocycles. The third-order valence-electron chi connectivity index (χ3n) is 4.43. The van der Waals surface area contributed by atoms with Gasteiger partial charge in [0.15, 0.2) is 5.13 Å². The summed E-state index contributed by atoms with van der Waals surface area (Å²) in [5, 5.41) is 4.31. The first-order chi connectivity index (χ1) is 13.1. The third kappa shape index (κ3) is 3.78. The lowest BCUT2D eigenvalue weighted by Gasteiger charge is -2.04. The first kappa shape index (κ1) is 17.5. The third-order valence-corrected chi connectivity index (χ3v) is 5.40. The van der Waals surface area contributed by atoms with E-state index in [1.807, 2.05) is 6.07 Å². The fourth-order valence-electron chi connectivity index (χ4n) is 3.12. The van der Waals surface area contributed by atoms with Gasteiger partial charge < -0.3 is 10.1 Å². The molecule has 2 aromatic carbocycles. The number of nitrogens with one attached hydrogen (secondary N) is 1. The summed E-state index contributed by atoms with van der Waals surface area (Å²) in [7, 11) is 0. The largest absolute Gasteiger partial charge is 0.463 e. The zero-order valence-corrected chi connectivity index (χ0v) is 16.1. The van der Waals surface area contributed by atoms with E-state index < -0.39 is 0 Å². The molecule has 1 N–H and O–H groups in total. The van der Waals surface area contributed by atoms with Crippen LogP contribution in [-0.4, -0.2) is 17.6 Å². The first-order valence-electron chi connectivity index (χ1n) is 8.94. The maximum atomic E-state index is 11.5. The molecule has 0 radical (unpaired) electrons. The summed E-state index contributed by atoms with van der Waals surface area (Å²) < 4.78 is 4.92. The van der Waals surface area contributed by atoms with Crippen molar-refractivity contribution in [3.63, 3.8) is 0 Å². The van der Waals surface area contributed by atoms with Crippen molar-refractivity contribution in [1.29, 1.82) is 0 Å². The minimum absolute atomic E-state index is 0.314. The Kier molecular flexibility index (Phi) is 4.77. The molecule has 0 bridgehead atoms. The van der Waals surface area contributed by atoms with E-state index in [0.717, 1.165) is 28.5 Å². The van der Waals surface area contributed by atoms with Crippen molar-refractivity contribution in [2.45, 2.75) is 20.3 Å². The highest BCUT2D eigenvalue weighted by atomic mass is 32.1. The standard InChI is InChI=1S/C22H20N2O2S/c1-3-26-20(25)11-7-15-6-10-18-16(12-15)13-19-21(18)24-22(27-19)23-17-8-4-14(2)5-9-17/h4-12H,3,13H2,1-2H3,(H,23,24)/b11-7+. The van der Waals surface area contributed by atoms with E-state index in [0.29, 0.717) is 6.61 Å². The molecule has 136 valence electrons. The van der Waals surface area contributed by atoms with Crippen LogP contribution in [0, 0.1) is 6.92 Å². The van der Waals surface area contributed by atoms with E-state index in [1.165, 1.54) is 27.6 Å². The number of hydrogen-bond acceptors (Lipinski definition) is 5. The average molecular weight is 376 g/mol. The second-order valence-corrected chi connectivity index (χ2v) is 7.54. The van der Waals surface area contributed by atoms with Crippen LogP contribution in [0.1, 0.15) is 28.5 Å². The fourth-order valence-corrected chi connectivity index (χ4v) is 4.14. The van der Waals surface area contributed by atoms with Crippen LogP contribution in [0.5, 0.6) is 0 Å². The van der Waals surface area contributed by atoms with Crippen molar-refractivity contribution in [2.24, 2.45) is 0 Å². The Balaban J connectivity index is 1.52. The zero-order chi connectivity index (χ0) is 18.8. The molecule has 1 aromatic heterocycles. The number of aromatic nitrogens is 1. The first-order valence-corrected chi connectivity index (χ1v) is 9.75. The highest BCUT2D eigenvalue weighted by Crippen LogP contribution is 2.42. The summed E-state index contributed by atoms with van der Waals surface area (Å²) in [5.41, 5.74) is 6.76. The van der Waals surface area contributed by atoms with Gasteiger partial charge in [-0.3, -0.25) is 0 Å². The Hall–Kier alpha value is -2.92. The smallest absolute Gasteiger partial charge is 0.330 e. The minimum atomic E-state index is -0.314. The van der Waals surface area contributed by atoms with Gasteiger partial charge in [-0.15, -0.1) is 11.3 Å². The lowest BCUT2D eigenvalue weighted by molar-refractivity contribution is -0.137. The van der Waals surface area contributed by atoms with Gasteiger partial charge in [0.05, 0.1) is 12.3 Å². The van der Waals surface area contributed by atoms with Crippen LogP contribution in [0.25, 0.3) is 17.3 Å². The van der Waals surface area contributed by atoms with Crippen LogP contribution in [0.15, 0.2) is 48.5 Å². The summed E-state index contributed by atoms with van der Waals surface area (Å²) in [6.07, 6.45) is 4.14. The molecule has 0 saturated carbocycles. The molecule has 0 atom stereocenters. The van der Waals surface area contributed by atoms with Gasteiger partial charge in [-0.25, -0.2) is 9.78 Å². The molecule has 1 heterocycles. The number of aryl methyl sites for hydroxylation is 1. The van der Waals surface area contributed by atoms with Gasteiger partial charge in [0.2, 0.25) is 0 Å².